The highest BCUT2D eigenvalue weighted by Gasteiger charge is 2.27. The van der Waals surface area contributed by atoms with Gasteiger partial charge in [0.25, 0.3) is 5.56 Å². The van der Waals surface area contributed by atoms with E-state index in [2.05, 4.69) is 5.32 Å². The Morgan fingerprint density at radius 3 is 2.50 bits per heavy atom. The van der Waals surface area contributed by atoms with Crippen LogP contribution in [0.25, 0.3) is 10.2 Å². The van der Waals surface area contributed by atoms with Gasteiger partial charge < -0.3 is 14.8 Å². The first-order chi connectivity index (χ1) is 17.0. The lowest BCUT2D eigenvalue weighted by Crippen LogP contribution is -2.47. The number of carbonyl (C=O) groups excluding carboxylic acids is 2. The molecule has 1 N–H and O–H groups in total. The zero-order chi connectivity index (χ0) is 26.7. The maximum absolute atomic E-state index is 13.9. The van der Waals surface area contributed by atoms with E-state index in [1.54, 1.807) is 27.7 Å². The van der Waals surface area contributed by atoms with Gasteiger partial charge in [-0.25, -0.2) is 18.5 Å². The molecule has 0 spiro atoms. The topological polar surface area (TPSA) is 109 Å². The first kappa shape index (κ1) is 27.1. The number of rotatable bonds is 9. The van der Waals surface area contributed by atoms with Gasteiger partial charge in [-0.15, -0.1) is 11.3 Å². The Morgan fingerprint density at radius 1 is 1.19 bits per heavy atom. The molecule has 3 rings (SSSR count). The maximum Gasteiger partial charge on any atom is 0.348 e. The first-order valence-corrected chi connectivity index (χ1v) is 12.4. The van der Waals surface area contributed by atoms with Gasteiger partial charge in [0, 0.05) is 12.6 Å². The van der Waals surface area contributed by atoms with Gasteiger partial charge in [0.05, 0.1) is 19.1 Å². The van der Waals surface area contributed by atoms with Crippen LogP contribution in [0.5, 0.6) is 5.75 Å². The molecule has 0 unspecified atom stereocenters. The lowest BCUT2D eigenvalue weighted by atomic mass is 10.1. The highest BCUT2D eigenvalue weighted by molar-refractivity contribution is 7.20. The summed E-state index contributed by atoms with van der Waals surface area (Å²) in [4.78, 5) is 52.9. The SMILES string of the molecule is CCOC(=O)c1sc2c(c1C)c(=O)n([C@@H](C)C(=O)NC(C)C)c(=O)n2CCc1cc(F)ccc1OC. The van der Waals surface area contributed by atoms with E-state index < -0.39 is 35.0 Å². The van der Waals surface area contributed by atoms with Crippen molar-refractivity contribution in [3.8, 4) is 5.75 Å². The molecule has 0 saturated carbocycles. The number of amides is 1. The maximum atomic E-state index is 13.9. The fourth-order valence-corrected chi connectivity index (χ4v) is 5.20. The summed E-state index contributed by atoms with van der Waals surface area (Å²) in [6.07, 6.45) is 0.201. The number of benzene rings is 1. The Morgan fingerprint density at radius 2 is 1.89 bits per heavy atom. The Hall–Kier alpha value is -3.47. The Labute approximate surface area is 211 Å². The number of fused-ring (bicyclic) bond motifs is 1. The van der Waals surface area contributed by atoms with Gasteiger partial charge in [0.15, 0.2) is 0 Å². The van der Waals surface area contributed by atoms with E-state index in [1.165, 1.54) is 36.8 Å². The van der Waals surface area contributed by atoms with Crippen LogP contribution in [0.4, 0.5) is 4.39 Å². The van der Waals surface area contributed by atoms with Crippen molar-refractivity contribution in [3.63, 3.8) is 0 Å². The normalized spacial score (nSPS) is 12.1. The van der Waals surface area contributed by atoms with E-state index in [9.17, 15) is 23.6 Å². The highest BCUT2D eigenvalue weighted by atomic mass is 32.1. The molecule has 3 aromatic rings. The van der Waals surface area contributed by atoms with Crippen LogP contribution in [-0.4, -0.2) is 40.8 Å². The number of esters is 1. The molecule has 0 aliphatic heterocycles. The van der Waals surface area contributed by atoms with Crippen LogP contribution in [0, 0.1) is 12.7 Å². The lowest BCUT2D eigenvalue weighted by molar-refractivity contribution is -0.124. The molecule has 1 aromatic carbocycles. The molecule has 9 nitrogen and oxygen atoms in total. The second kappa shape index (κ2) is 11.1. The van der Waals surface area contributed by atoms with Crippen molar-refractivity contribution in [2.24, 2.45) is 0 Å². The minimum Gasteiger partial charge on any atom is -0.496 e. The molecule has 0 radical (unpaired) electrons. The summed E-state index contributed by atoms with van der Waals surface area (Å²) in [5.74, 6) is -1.09. The second-order valence-electron chi connectivity index (χ2n) is 8.61. The smallest absolute Gasteiger partial charge is 0.348 e. The Kier molecular flexibility index (Phi) is 8.34. The number of aromatic nitrogens is 2. The molecule has 1 atom stereocenters. The van der Waals surface area contributed by atoms with Crippen molar-refractivity contribution >= 4 is 33.4 Å². The van der Waals surface area contributed by atoms with Gasteiger partial charge in [-0.1, -0.05) is 0 Å². The van der Waals surface area contributed by atoms with Gasteiger partial charge in [-0.05, 0) is 70.4 Å². The Bertz CT molecular complexity index is 1420. The molecule has 36 heavy (non-hydrogen) atoms. The van der Waals surface area contributed by atoms with Crippen LogP contribution in [0.15, 0.2) is 27.8 Å². The Balaban J connectivity index is 2.24. The summed E-state index contributed by atoms with van der Waals surface area (Å²) in [6.45, 7) is 8.50. The third-order valence-electron chi connectivity index (χ3n) is 5.75. The molecule has 1 amide bonds. The third kappa shape index (κ3) is 5.20. The molecular formula is C25H30FN3O6S. The zero-order valence-corrected chi connectivity index (χ0v) is 22.0. The van der Waals surface area contributed by atoms with E-state index in [-0.39, 0.29) is 40.7 Å². The van der Waals surface area contributed by atoms with Crippen LogP contribution in [0.2, 0.25) is 0 Å². The quantitative estimate of drug-likeness (QED) is 0.435. The minimum atomic E-state index is -1.10. The van der Waals surface area contributed by atoms with E-state index in [0.29, 0.717) is 16.9 Å². The third-order valence-corrected chi connectivity index (χ3v) is 7.04. The molecule has 0 aliphatic carbocycles. The number of ether oxygens (including phenoxy) is 2. The number of hydrogen-bond donors (Lipinski definition) is 1. The highest BCUT2D eigenvalue weighted by Crippen LogP contribution is 2.29. The molecule has 2 heterocycles. The van der Waals surface area contributed by atoms with Gasteiger partial charge >= 0.3 is 11.7 Å². The fraction of sp³-hybridized carbons (Fsp3) is 0.440. The van der Waals surface area contributed by atoms with Gasteiger partial charge in [0.2, 0.25) is 5.91 Å². The van der Waals surface area contributed by atoms with Crippen molar-refractivity contribution < 1.29 is 23.5 Å². The van der Waals surface area contributed by atoms with Gasteiger partial charge in [0.1, 0.15) is 27.3 Å². The molecule has 11 heteroatoms. The molecule has 0 saturated heterocycles. The first-order valence-electron chi connectivity index (χ1n) is 11.6. The van der Waals surface area contributed by atoms with E-state index >= 15 is 0 Å². The average Bonchev–Trinajstić information content (AvgIpc) is 3.16. The van der Waals surface area contributed by atoms with E-state index in [4.69, 9.17) is 9.47 Å². The van der Waals surface area contributed by atoms with Crippen molar-refractivity contribution in [1.82, 2.24) is 14.5 Å². The summed E-state index contributed by atoms with van der Waals surface area (Å²) < 4.78 is 26.6. The van der Waals surface area contributed by atoms with E-state index in [0.717, 1.165) is 15.9 Å². The minimum absolute atomic E-state index is 0.0518. The van der Waals surface area contributed by atoms with Gasteiger partial charge in [-0.2, -0.15) is 0 Å². The van der Waals surface area contributed by atoms with Gasteiger partial charge in [-0.3, -0.25) is 14.2 Å². The number of halogens is 1. The van der Waals surface area contributed by atoms with Crippen molar-refractivity contribution in [2.45, 2.75) is 59.7 Å². The largest absolute Gasteiger partial charge is 0.496 e. The molecular weight excluding hydrogens is 489 g/mol. The second-order valence-corrected chi connectivity index (χ2v) is 9.61. The lowest BCUT2D eigenvalue weighted by Gasteiger charge is -2.19. The van der Waals surface area contributed by atoms with Crippen molar-refractivity contribution in [2.75, 3.05) is 13.7 Å². The number of methoxy groups -OCH3 is 1. The monoisotopic (exact) mass is 519 g/mol. The number of hydrogen-bond acceptors (Lipinski definition) is 7. The summed E-state index contributed by atoms with van der Waals surface area (Å²) >= 11 is 0.984. The standard InChI is InChI=1S/C25H30FN3O6S/c1-7-35-24(32)20-14(4)19-22(31)29(15(5)21(30)27-13(2)3)25(33)28(23(19)36-20)11-10-16-12-17(26)8-9-18(16)34-6/h8-9,12-13,15H,7,10-11H2,1-6H3,(H,27,30)/t15-/m0/s1. The number of nitrogens with zero attached hydrogens (tertiary/aromatic N) is 2. The molecule has 0 bridgehead atoms. The number of aryl methyl sites for hydroxylation is 3. The van der Waals surface area contributed by atoms with E-state index in [1.807, 2.05) is 0 Å². The van der Waals surface area contributed by atoms with Crippen LogP contribution in [0.3, 0.4) is 0 Å². The summed E-state index contributed by atoms with van der Waals surface area (Å²) in [7, 11) is 1.46. The summed E-state index contributed by atoms with van der Waals surface area (Å²) in [5.41, 5.74) is -0.461. The summed E-state index contributed by atoms with van der Waals surface area (Å²) in [5, 5.41) is 2.89. The molecule has 194 valence electrons. The average molecular weight is 520 g/mol. The number of thiophene rings is 1. The number of carbonyl (C=O) groups is 2. The van der Waals surface area contributed by atoms with Crippen molar-refractivity contribution in [1.29, 1.82) is 0 Å². The van der Waals surface area contributed by atoms with Crippen molar-refractivity contribution in [3.05, 3.63) is 60.9 Å². The van der Waals surface area contributed by atoms with Crippen LogP contribution in [0.1, 0.15) is 54.5 Å². The predicted octanol–water partition coefficient (Wildman–Crippen LogP) is 3.19. The molecule has 0 aliphatic rings. The number of nitrogens with one attached hydrogen (secondary N) is 1. The molecule has 0 fully saturated rings. The predicted molar refractivity (Wildman–Crippen MR) is 136 cm³/mol. The zero-order valence-electron chi connectivity index (χ0n) is 21.1. The summed E-state index contributed by atoms with van der Waals surface area (Å²) in [6, 6.07) is 2.80. The van der Waals surface area contributed by atoms with Crippen LogP contribution >= 0.6 is 11.3 Å². The fourth-order valence-electron chi connectivity index (χ4n) is 3.99. The van der Waals surface area contributed by atoms with Crippen LogP contribution < -0.4 is 21.3 Å². The van der Waals surface area contributed by atoms with Crippen LogP contribution in [-0.2, 0) is 22.5 Å². The molecule has 2 aromatic heterocycles.